The van der Waals surface area contributed by atoms with Gasteiger partial charge in [0.25, 0.3) is 0 Å². The second-order valence-electron chi connectivity index (χ2n) is 5.03. The molecule has 0 aliphatic rings. The standard InChI is InChI=1S/C16H14ClFN4O/c17-12-4-2-6-14(8-12)19-9-15-20-16(23)22(21-15)10-11-3-1-5-13(18)7-11/h1-8,19H,9-10H2,(H,20,21,23). The van der Waals surface area contributed by atoms with Crippen LogP contribution in [0.5, 0.6) is 0 Å². The molecule has 7 heteroatoms. The fourth-order valence-electron chi connectivity index (χ4n) is 2.18. The van der Waals surface area contributed by atoms with Crippen molar-refractivity contribution in [3.8, 4) is 0 Å². The topological polar surface area (TPSA) is 62.7 Å². The Hall–Kier alpha value is -2.60. The zero-order valence-electron chi connectivity index (χ0n) is 12.1. The van der Waals surface area contributed by atoms with Crippen LogP contribution in [0, 0.1) is 5.82 Å². The van der Waals surface area contributed by atoms with Crippen molar-refractivity contribution in [2.24, 2.45) is 0 Å². The zero-order chi connectivity index (χ0) is 16.2. The first-order valence-corrected chi connectivity index (χ1v) is 7.38. The minimum absolute atomic E-state index is 0.213. The van der Waals surface area contributed by atoms with Gasteiger partial charge in [-0.25, -0.2) is 13.9 Å². The van der Waals surface area contributed by atoms with Gasteiger partial charge in [-0.05, 0) is 35.9 Å². The number of aromatic nitrogens is 3. The quantitative estimate of drug-likeness (QED) is 0.755. The van der Waals surface area contributed by atoms with Gasteiger partial charge in [-0.3, -0.25) is 4.98 Å². The van der Waals surface area contributed by atoms with Crippen LogP contribution in [0.4, 0.5) is 10.1 Å². The summed E-state index contributed by atoms with van der Waals surface area (Å²) in [7, 11) is 0. The van der Waals surface area contributed by atoms with Gasteiger partial charge in [-0.15, -0.1) is 0 Å². The van der Waals surface area contributed by atoms with Crippen molar-refractivity contribution in [1.29, 1.82) is 0 Å². The highest BCUT2D eigenvalue weighted by atomic mass is 35.5. The van der Waals surface area contributed by atoms with E-state index in [2.05, 4.69) is 15.4 Å². The van der Waals surface area contributed by atoms with Gasteiger partial charge in [0.1, 0.15) is 11.6 Å². The van der Waals surface area contributed by atoms with E-state index in [0.717, 1.165) is 5.69 Å². The van der Waals surface area contributed by atoms with Gasteiger partial charge in [-0.1, -0.05) is 29.8 Å². The van der Waals surface area contributed by atoms with Gasteiger partial charge in [0.15, 0.2) is 0 Å². The molecule has 0 radical (unpaired) electrons. The van der Waals surface area contributed by atoms with E-state index in [0.29, 0.717) is 23.0 Å². The maximum absolute atomic E-state index is 13.2. The van der Waals surface area contributed by atoms with Gasteiger partial charge < -0.3 is 5.32 Å². The third kappa shape index (κ3) is 3.98. The Kier molecular flexibility index (Phi) is 4.43. The lowest BCUT2D eigenvalue weighted by atomic mass is 10.2. The summed E-state index contributed by atoms with van der Waals surface area (Å²) in [6.45, 7) is 0.565. The van der Waals surface area contributed by atoms with E-state index in [1.807, 2.05) is 12.1 Å². The zero-order valence-corrected chi connectivity index (χ0v) is 12.8. The predicted octanol–water partition coefficient (Wildman–Crippen LogP) is 3.02. The van der Waals surface area contributed by atoms with Crippen molar-refractivity contribution in [3.63, 3.8) is 0 Å². The monoisotopic (exact) mass is 332 g/mol. The first-order valence-electron chi connectivity index (χ1n) is 7.00. The third-order valence-corrected chi connectivity index (χ3v) is 3.47. The number of anilines is 1. The van der Waals surface area contributed by atoms with Crippen LogP contribution in [0.2, 0.25) is 5.02 Å². The first-order chi connectivity index (χ1) is 11.1. The molecule has 23 heavy (non-hydrogen) atoms. The Morgan fingerprint density at radius 2 is 2.04 bits per heavy atom. The van der Waals surface area contributed by atoms with Crippen LogP contribution < -0.4 is 11.0 Å². The van der Waals surface area contributed by atoms with E-state index in [4.69, 9.17) is 11.6 Å². The summed E-state index contributed by atoms with van der Waals surface area (Å²) in [5.74, 6) is 0.153. The van der Waals surface area contributed by atoms with Crippen molar-refractivity contribution in [2.45, 2.75) is 13.1 Å². The molecule has 5 nitrogen and oxygen atoms in total. The van der Waals surface area contributed by atoms with Crippen LogP contribution in [-0.4, -0.2) is 14.8 Å². The molecule has 0 aliphatic heterocycles. The van der Waals surface area contributed by atoms with Crippen molar-refractivity contribution in [3.05, 3.63) is 81.2 Å². The molecular formula is C16H14ClFN4O. The highest BCUT2D eigenvalue weighted by Crippen LogP contribution is 2.15. The lowest BCUT2D eigenvalue weighted by Crippen LogP contribution is -2.18. The Morgan fingerprint density at radius 1 is 1.22 bits per heavy atom. The Morgan fingerprint density at radius 3 is 2.83 bits per heavy atom. The summed E-state index contributed by atoms with van der Waals surface area (Å²) >= 11 is 5.91. The lowest BCUT2D eigenvalue weighted by molar-refractivity contribution is 0.614. The molecular weight excluding hydrogens is 319 g/mol. The van der Waals surface area contributed by atoms with Crippen LogP contribution in [-0.2, 0) is 13.1 Å². The van der Waals surface area contributed by atoms with E-state index in [1.165, 1.54) is 16.8 Å². The summed E-state index contributed by atoms with van der Waals surface area (Å²) in [5.41, 5.74) is 1.17. The fourth-order valence-corrected chi connectivity index (χ4v) is 2.37. The molecule has 0 saturated heterocycles. The lowest BCUT2D eigenvalue weighted by Gasteiger charge is -2.04. The third-order valence-electron chi connectivity index (χ3n) is 3.23. The number of rotatable bonds is 5. The summed E-state index contributed by atoms with van der Waals surface area (Å²) in [4.78, 5) is 14.6. The van der Waals surface area contributed by atoms with Gasteiger partial charge in [0.05, 0.1) is 13.1 Å². The minimum Gasteiger partial charge on any atom is -0.378 e. The number of H-pyrrole nitrogens is 1. The van der Waals surface area contributed by atoms with Crippen molar-refractivity contribution < 1.29 is 4.39 Å². The smallest absolute Gasteiger partial charge is 0.343 e. The number of benzene rings is 2. The molecule has 1 aromatic heterocycles. The fraction of sp³-hybridized carbons (Fsp3) is 0.125. The van der Waals surface area contributed by atoms with E-state index < -0.39 is 0 Å². The minimum atomic E-state index is -0.339. The summed E-state index contributed by atoms with van der Waals surface area (Å²) in [6.07, 6.45) is 0. The highest BCUT2D eigenvalue weighted by Gasteiger charge is 2.06. The molecule has 0 fully saturated rings. The number of hydrogen-bond donors (Lipinski definition) is 2. The van der Waals surface area contributed by atoms with Gasteiger partial charge in [0, 0.05) is 10.7 Å². The van der Waals surface area contributed by atoms with Crippen molar-refractivity contribution in [1.82, 2.24) is 14.8 Å². The number of nitrogens with zero attached hydrogens (tertiary/aromatic N) is 2. The van der Waals surface area contributed by atoms with Crippen LogP contribution in [0.3, 0.4) is 0 Å². The summed E-state index contributed by atoms with van der Waals surface area (Å²) in [5, 5.41) is 7.95. The molecule has 0 bridgehead atoms. The molecule has 1 heterocycles. The largest absolute Gasteiger partial charge is 0.378 e. The molecule has 0 spiro atoms. The number of halogens is 2. The maximum atomic E-state index is 13.2. The van der Waals surface area contributed by atoms with Gasteiger partial charge >= 0.3 is 5.69 Å². The molecule has 2 aromatic carbocycles. The average Bonchev–Trinajstić information content (AvgIpc) is 2.86. The van der Waals surface area contributed by atoms with Crippen LogP contribution in [0.1, 0.15) is 11.4 Å². The first kappa shape index (κ1) is 15.3. The number of nitrogens with one attached hydrogen (secondary N) is 2. The van der Waals surface area contributed by atoms with Gasteiger partial charge in [0.2, 0.25) is 0 Å². The molecule has 0 unspecified atom stereocenters. The van der Waals surface area contributed by atoms with Crippen molar-refractivity contribution >= 4 is 17.3 Å². The SMILES string of the molecule is O=c1[nH]c(CNc2cccc(Cl)c2)nn1Cc1cccc(F)c1. The molecule has 0 saturated carbocycles. The maximum Gasteiger partial charge on any atom is 0.343 e. The van der Waals surface area contributed by atoms with Crippen LogP contribution in [0.15, 0.2) is 53.3 Å². The molecule has 0 aliphatic carbocycles. The molecule has 0 amide bonds. The second-order valence-corrected chi connectivity index (χ2v) is 5.46. The number of hydrogen-bond acceptors (Lipinski definition) is 3. The van der Waals surface area contributed by atoms with E-state index in [-0.39, 0.29) is 18.1 Å². The predicted molar refractivity (Wildman–Crippen MR) is 87.1 cm³/mol. The average molecular weight is 333 g/mol. The van der Waals surface area contributed by atoms with E-state index in [9.17, 15) is 9.18 Å². The molecule has 3 rings (SSSR count). The Bertz CT molecular complexity index is 874. The Balaban J connectivity index is 1.70. The summed E-state index contributed by atoms with van der Waals surface area (Å²) < 4.78 is 14.4. The van der Waals surface area contributed by atoms with Crippen LogP contribution >= 0.6 is 11.6 Å². The highest BCUT2D eigenvalue weighted by molar-refractivity contribution is 6.30. The summed E-state index contributed by atoms with van der Waals surface area (Å²) in [6, 6.07) is 13.3. The van der Waals surface area contributed by atoms with Crippen molar-refractivity contribution in [2.75, 3.05) is 5.32 Å². The van der Waals surface area contributed by atoms with E-state index >= 15 is 0 Å². The molecule has 118 valence electrons. The number of aromatic amines is 1. The van der Waals surface area contributed by atoms with E-state index in [1.54, 1.807) is 24.3 Å². The molecule has 0 atom stereocenters. The van der Waals surface area contributed by atoms with Gasteiger partial charge in [-0.2, -0.15) is 5.10 Å². The second kappa shape index (κ2) is 6.66. The van der Waals surface area contributed by atoms with Crippen LogP contribution in [0.25, 0.3) is 0 Å². The molecule has 2 N–H and O–H groups in total. The molecule has 3 aromatic rings. The normalized spacial score (nSPS) is 10.7. The Labute approximate surface area is 136 Å².